The maximum absolute atomic E-state index is 12.1. The third-order valence-corrected chi connectivity index (χ3v) is 5.52. The van der Waals surface area contributed by atoms with Gasteiger partial charge in [-0.1, -0.05) is 23.7 Å². The van der Waals surface area contributed by atoms with Gasteiger partial charge in [0.15, 0.2) is 0 Å². The monoisotopic (exact) mass is 271 g/mol. The summed E-state index contributed by atoms with van der Waals surface area (Å²) in [6.07, 6.45) is 0. The van der Waals surface area contributed by atoms with Crippen LogP contribution in [0.2, 0.25) is 5.02 Å². The van der Waals surface area contributed by atoms with Crippen LogP contribution in [0.5, 0.6) is 0 Å². The lowest BCUT2D eigenvalue weighted by Crippen LogP contribution is -2.55. The molecule has 94 valence electrons. The lowest BCUT2D eigenvalue weighted by Gasteiger charge is -2.40. The molecule has 1 aromatic rings. The molecule has 1 fully saturated rings. The molecule has 0 bridgehead atoms. The Bertz CT molecular complexity index is 430. The number of nitrogens with one attached hydrogen (secondary N) is 1. The van der Waals surface area contributed by atoms with Crippen LogP contribution in [0.4, 0.5) is 0 Å². The molecule has 0 spiro atoms. The average Bonchev–Trinajstić information content (AvgIpc) is 2.24. The maximum atomic E-state index is 12.1. The minimum absolute atomic E-state index is 0.0817. The van der Waals surface area contributed by atoms with Crippen LogP contribution in [0, 0.1) is 0 Å². The van der Waals surface area contributed by atoms with Crippen LogP contribution in [0.1, 0.15) is 32.4 Å². The van der Waals surface area contributed by atoms with Crippen LogP contribution in [0.25, 0.3) is 0 Å². The first-order valence-corrected chi connectivity index (χ1v) is 7.55. The summed E-state index contributed by atoms with van der Waals surface area (Å²) in [4.78, 5) is 0. The Kier molecular flexibility index (Phi) is 3.62. The summed E-state index contributed by atoms with van der Waals surface area (Å²) in [7, 11) is -0.786. The molecule has 1 aromatic carbocycles. The SMILES string of the molecule is CC1C(c2ccc(Cl)cc2)NC(C)(C)CS1=O. The zero-order valence-electron chi connectivity index (χ0n) is 10.4. The van der Waals surface area contributed by atoms with Crippen molar-refractivity contribution >= 4 is 22.4 Å². The van der Waals surface area contributed by atoms with Crippen LogP contribution in [-0.4, -0.2) is 20.8 Å². The topological polar surface area (TPSA) is 29.1 Å². The second kappa shape index (κ2) is 4.71. The van der Waals surface area contributed by atoms with E-state index < -0.39 is 10.8 Å². The zero-order chi connectivity index (χ0) is 12.6. The van der Waals surface area contributed by atoms with Crippen LogP contribution in [-0.2, 0) is 10.8 Å². The van der Waals surface area contributed by atoms with Crippen molar-refractivity contribution in [2.24, 2.45) is 0 Å². The molecule has 3 unspecified atom stereocenters. The van der Waals surface area contributed by atoms with Gasteiger partial charge in [-0.25, -0.2) is 0 Å². The second-order valence-corrected chi connectivity index (χ2v) is 7.52. The molecule has 0 radical (unpaired) electrons. The highest BCUT2D eigenvalue weighted by molar-refractivity contribution is 7.85. The first-order valence-electron chi connectivity index (χ1n) is 5.79. The van der Waals surface area contributed by atoms with Gasteiger partial charge in [0.2, 0.25) is 0 Å². The van der Waals surface area contributed by atoms with Crippen LogP contribution >= 0.6 is 11.6 Å². The fourth-order valence-electron chi connectivity index (χ4n) is 2.24. The average molecular weight is 272 g/mol. The molecule has 0 amide bonds. The predicted molar refractivity (Wildman–Crippen MR) is 73.9 cm³/mol. The smallest absolute Gasteiger partial charge is 0.0515 e. The number of rotatable bonds is 1. The summed E-state index contributed by atoms with van der Waals surface area (Å²) in [6.45, 7) is 6.23. The van der Waals surface area contributed by atoms with E-state index in [0.717, 1.165) is 10.6 Å². The van der Waals surface area contributed by atoms with Crippen molar-refractivity contribution in [1.82, 2.24) is 5.32 Å². The Hall–Kier alpha value is -0.380. The van der Waals surface area contributed by atoms with Crippen molar-refractivity contribution in [2.75, 3.05) is 5.75 Å². The van der Waals surface area contributed by atoms with Crippen LogP contribution in [0.3, 0.4) is 0 Å². The Labute approximate surface area is 110 Å². The van der Waals surface area contributed by atoms with Gasteiger partial charge in [0, 0.05) is 33.2 Å². The Morgan fingerprint density at radius 1 is 1.35 bits per heavy atom. The molecule has 0 saturated carbocycles. The summed E-state index contributed by atoms with van der Waals surface area (Å²) < 4.78 is 12.1. The Balaban J connectivity index is 2.30. The molecule has 1 aliphatic rings. The minimum atomic E-state index is -0.786. The van der Waals surface area contributed by atoms with Gasteiger partial charge in [-0.2, -0.15) is 0 Å². The van der Waals surface area contributed by atoms with Crippen LogP contribution in [0.15, 0.2) is 24.3 Å². The molecule has 2 nitrogen and oxygen atoms in total. The molecule has 4 heteroatoms. The normalized spacial score (nSPS) is 32.4. The molecular weight excluding hydrogens is 254 g/mol. The Morgan fingerprint density at radius 3 is 2.53 bits per heavy atom. The summed E-state index contributed by atoms with van der Waals surface area (Å²) >= 11 is 5.89. The summed E-state index contributed by atoms with van der Waals surface area (Å²) in [6, 6.07) is 7.92. The number of benzene rings is 1. The van der Waals surface area contributed by atoms with E-state index in [2.05, 4.69) is 19.2 Å². The van der Waals surface area contributed by atoms with E-state index in [9.17, 15) is 4.21 Å². The molecule has 3 atom stereocenters. The highest BCUT2D eigenvalue weighted by atomic mass is 35.5. The third-order valence-electron chi connectivity index (χ3n) is 3.16. The van der Waals surface area contributed by atoms with Gasteiger partial charge in [-0.15, -0.1) is 0 Å². The van der Waals surface area contributed by atoms with E-state index in [-0.39, 0.29) is 16.8 Å². The van der Waals surface area contributed by atoms with Gasteiger partial charge < -0.3 is 5.32 Å². The number of hydrogen-bond donors (Lipinski definition) is 1. The summed E-state index contributed by atoms with van der Waals surface area (Å²) in [5, 5.41) is 4.44. The maximum Gasteiger partial charge on any atom is 0.0515 e. The van der Waals surface area contributed by atoms with Crippen molar-refractivity contribution in [2.45, 2.75) is 37.6 Å². The van der Waals surface area contributed by atoms with Gasteiger partial charge >= 0.3 is 0 Å². The fraction of sp³-hybridized carbons (Fsp3) is 0.538. The lowest BCUT2D eigenvalue weighted by atomic mass is 9.99. The third kappa shape index (κ3) is 2.90. The largest absolute Gasteiger partial charge is 0.303 e. The molecule has 1 aliphatic heterocycles. The predicted octanol–water partition coefficient (Wildman–Crippen LogP) is 2.90. The van der Waals surface area contributed by atoms with Crippen molar-refractivity contribution in [3.63, 3.8) is 0 Å². The molecule has 1 saturated heterocycles. The molecule has 1 N–H and O–H groups in total. The van der Waals surface area contributed by atoms with E-state index in [1.54, 1.807) is 0 Å². The van der Waals surface area contributed by atoms with Gasteiger partial charge in [0.25, 0.3) is 0 Å². The summed E-state index contributed by atoms with van der Waals surface area (Å²) in [5.41, 5.74) is 1.07. The highest BCUT2D eigenvalue weighted by Crippen LogP contribution is 2.30. The molecule has 0 aliphatic carbocycles. The number of halogens is 1. The lowest BCUT2D eigenvalue weighted by molar-refractivity contribution is 0.344. The van der Waals surface area contributed by atoms with Crippen LogP contribution < -0.4 is 5.32 Å². The van der Waals surface area contributed by atoms with E-state index in [1.165, 1.54) is 0 Å². The van der Waals surface area contributed by atoms with E-state index in [1.807, 2.05) is 31.2 Å². The van der Waals surface area contributed by atoms with Crippen molar-refractivity contribution in [3.05, 3.63) is 34.9 Å². The first-order chi connectivity index (χ1) is 7.89. The standard InChI is InChI=1S/C13H18ClNOS/c1-9-12(10-4-6-11(14)7-5-10)15-13(2,3)8-17(9)16/h4-7,9,12,15H,8H2,1-3H3. The quantitative estimate of drug-likeness (QED) is 0.851. The molecule has 1 heterocycles. The molecule has 17 heavy (non-hydrogen) atoms. The summed E-state index contributed by atoms with van der Waals surface area (Å²) in [5.74, 6) is 0.707. The Morgan fingerprint density at radius 2 is 1.94 bits per heavy atom. The molecule has 0 aromatic heterocycles. The van der Waals surface area contributed by atoms with Crippen molar-refractivity contribution in [3.8, 4) is 0 Å². The van der Waals surface area contributed by atoms with Gasteiger partial charge in [-0.3, -0.25) is 4.21 Å². The number of hydrogen-bond acceptors (Lipinski definition) is 2. The fourth-order valence-corrected chi connectivity index (χ4v) is 3.96. The van der Waals surface area contributed by atoms with Gasteiger partial charge in [-0.05, 0) is 38.5 Å². The van der Waals surface area contributed by atoms with E-state index >= 15 is 0 Å². The first kappa shape index (κ1) is 13.1. The van der Waals surface area contributed by atoms with Crippen molar-refractivity contribution < 1.29 is 4.21 Å². The van der Waals surface area contributed by atoms with Gasteiger partial charge in [0.1, 0.15) is 0 Å². The van der Waals surface area contributed by atoms with E-state index in [0.29, 0.717) is 5.75 Å². The highest BCUT2D eigenvalue weighted by Gasteiger charge is 2.37. The van der Waals surface area contributed by atoms with E-state index in [4.69, 9.17) is 11.6 Å². The molecular formula is C13H18ClNOS. The minimum Gasteiger partial charge on any atom is -0.303 e. The second-order valence-electron chi connectivity index (χ2n) is 5.29. The zero-order valence-corrected chi connectivity index (χ0v) is 11.9. The van der Waals surface area contributed by atoms with Crippen molar-refractivity contribution in [1.29, 1.82) is 0 Å². The van der Waals surface area contributed by atoms with Gasteiger partial charge in [0.05, 0.1) is 5.25 Å². The molecule has 2 rings (SSSR count).